The van der Waals surface area contributed by atoms with E-state index in [4.69, 9.17) is 9.53 Å². The summed E-state index contributed by atoms with van der Waals surface area (Å²) in [7, 11) is 1.79. The molecule has 0 saturated carbocycles. The lowest BCUT2D eigenvalue weighted by atomic mass is 10.0. The number of anilines is 1. The van der Waals surface area contributed by atoms with Gasteiger partial charge in [0.05, 0.1) is 18.2 Å². The zero-order valence-electron chi connectivity index (χ0n) is 18.8. The van der Waals surface area contributed by atoms with Gasteiger partial charge in [0.15, 0.2) is 0 Å². The van der Waals surface area contributed by atoms with E-state index in [2.05, 4.69) is 16.0 Å². The van der Waals surface area contributed by atoms with Crippen LogP contribution in [0, 0.1) is 11.7 Å². The zero-order chi connectivity index (χ0) is 23.8. The van der Waals surface area contributed by atoms with Crippen molar-refractivity contribution in [1.29, 1.82) is 0 Å². The highest BCUT2D eigenvalue weighted by molar-refractivity contribution is 5.90. The van der Waals surface area contributed by atoms with E-state index in [1.54, 1.807) is 19.2 Å². The van der Waals surface area contributed by atoms with Crippen molar-refractivity contribution in [3.05, 3.63) is 53.8 Å². The number of cyclic esters (lactones) is 1. The number of hydrogen-bond acceptors (Lipinski definition) is 6. The van der Waals surface area contributed by atoms with Gasteiger partial charge in [-0.2, -0.15) is 0 Å². The molecule has 2 aliphatic rings. The molecule has 0 bridgehead atoms. The highest BCUT2D eigenvalue weighted by atomic mass is 19.1. The normalized spacial score (nSPS) is 17.5. The average Bonchev–Trinajstić information content (AvgIpc) is 3.12. The van der Waals surface area contributed by atoms with E-state index < -0.39 is 11.9 Å². The Kier molecular flexibility index (Phi) is 8.51. The SMILES string of the molecule is CC=O.CNCC1CN(c2ccc(-c3ccc(CNC(=O)C4CNC4)cc3)c(F)c2)C(=O)O1. The van der Waals surface area contributed by atoms with Crippen LogP contribution in [0.15, 0.2) is 42.5 Å². The number of ether oxygens (including phenoxy) is 1. The first-order valence-electron chi connectivity index (χ1n) is 10.9. The second kappa shape index (κ2) is 11.5. The van der Waals surface area contributed by atoms with Crippen molar-refractivity contribution in [3.8, 4) is 11.1 Å². The van der Waals surface area contributed by atoms with Crippen LogP contribution in [0.1, 0.15) is 12.5 Å². The number of carbonyl (C=O) groups excluding carboxylic acids is 3. The molecule has 176 valence electrons. The number of amides is 2. The fraction of sp³-hybridized carbons (Fsp3) is 0.375. The summed E-state index contributed by atoms with van der Waals surface area (Å²) in [5.41, 5.74) is 2.61. The number of carbonyl (C=O) groups is 3. The van der Waals surface area contributed by atoms with Crippen molar-refractivity contribution in [2.75, 3.05) is 38.1 Å². The molecule has 2 aliphatic heterocycles. The predicted octanol–water partition coefficient (Wildman–Crippen LogP) is 2.08. The summed E-state index contributed by atoms with van der Waals surface area (Å²) in [5, 5.41) is 8.97. The molecule has 0 radical (unpaired) electrons. The number of hydrogen-bond donors (Lipinski definition) is 3. The molecule has 0 aromatic heterocycles. The van der Waals surface area contributed by atoms with Gasteiger partial charge in [-0.25, -0.2) is 9.18 Å². The van der Waals surface area contributed by atoms with Crippen molar-refractivity contribution in [3.63, 3.8) is 0 Å². The average molecular weight is 457 g/mol. The molecule has 0 aliphatic carbocycles. The zero-order valence-corrected chi connectivity index (χ0v) is 18.8. The molecular formula is C24H29FN4O4. The Labute approximate surface area is 192 Å². The van der Waals surface area contributed by atoms with Crippen molar-refractivity contribution >= 4 is 24.0 Å². The largest absolute Gasteiger partial charge is 0.443 e. The van der Waals surface area contributed by atoms with E-state index in [1.165, 1.54) is 17.9 Å². The summed E-state index contributed by atoms with van der Waals surface area (Å²) in [6, 6.07) is 12.2. The summed E-state index contributed by atoms with van der Waals surface area (Å²) in [5.74, 6) is -0.300. The first kappa shape index (κ1) is 24.3. The molecule has 2 aromatic carbocycles. The van der Waals surface area contributed by atoms with Crippen molar-refractivity contribution < 1.29 is 23.5 Å². The Morgan fingerprint density at radius 2 is 1.94 bits per heavy atom. The van der Waals surface area contributed by atoms with Gasteiger partial charge in [-0.1, -0.05) is 24.3 Å². The molecule has 9 heteroatoms. The van der Waals surface area contributed by atoms with E-state index in [9.17, 15) is 14.0 Å². The first-order chi connectivity index (χ1) is 16.0. The first-order valence-corrected chi connectivity index (χ1v) is 10.9. The third-order valence-electron chi connectivity index (χ3n) is 5.45. The van der Waals surface area contributed by atoms with Crippen LogP contribution in [0.5, 0.6) is 0 Å². The molecule has 2 amide bonds. The molecule has 8 nitrogen and oxygen atoms in total. The number of nitrogens with zero attached hydrogens (tertiary/aromatic N) is 1. The molecule has 2 heterocycles. The van der Waals surface area contributed by atoms with Crippen LogP contribution < -0.4 is 20.9 Å². The number of aldehydes is 1. The molecule has 2 aromatic rings. The van der Waals surface area contributed by atoms with Gasteiger partial charge in [0.25, 0.3) is 0 Å². The number of benzene rings is 2. The third-order valence-corrected chi connectivity index (χ3v) is 5.45. The van der Waals surface area contributed by atoms with Crippen LogP contribution in [0.25, 0.3) is 11.1 Å². The minimum Gasteiger partial charge on any atom is -0.443 e. The lowest BCUT2D eigenvalue weighted by molar-refractivity contribution is -0.126. The van der Waals surface area contributed by atoms with Crippen molar-refractivity contribution in [2.45, 2.75) is 19.6 Å². The number of nitrogens with one attached hydrogen (secondary N) is 3. The smallest absolute Gasteiger partial charge is 0.414 e. The Balaban J connectivity index is 0.000000968. The van der Waals surface area contributed by atoms with Crippen LogP contribution >= 0.6 is 0 Å². The Hall–Kier alpha value is -3.30. The topological polar surface area (TPSA) is 99.8 Å². The van der Waals surface area contributed by atoms with Gasteiger partial charge in [0, 0.05) is 31.7 Å². The lowest BCUT2D eigenvalue weighted by Gasteiger charge is -2.25. The van der Waals surface area contributed by atoms with E-state index >= 15 is 0 Å². The van der Waals surface area contributed by atoms with Crippen LogP contribution in [0.4, 0.5) is 14.9 Å². The fourth-order valence-electron chi connectivity index (χ4n) is 3.58. The van der Waals surface area contributed by atoms with E-state index in [0.29, 0.717) is 30.9 Å². The summed E-state index contributed by atoms with van der Waals surface area (Å²) < 4.78 is 20.1. The number of likely N-dealkylation sites (N-methyl/N-ethyl adjacent to an activating group) is 1. The Morgan fingerprint density at radius 1 is 1.24 bits per heavy atom. The second-order valence-electron chi connectivity index (χ2n) is 7.84. The summed E-state index contributed by atoms with van der Waals surface area (Å²) in [4.78, 5) is 34.2. The van der Waals surface area contributed by atoms with Gasteiger partial charge >= 0.3 is 6.09 Å². The molecular weight excluding hydrogens is 427 g/mol. The standard InChI is InChI=1S/C22H25FN4O3.C2H4O/c1-24-12-18-13-27(22(29)30-18)17-6-7-19(20(23)8-17)15-4-2-14(3-5-15)9-26-21(28)16-10-25-11-16;1-2-3/h2-8,16,18,24-25H,9-13H2,1H3,(H,26,28);2H,1H3. The third kappa shape index (κ3) is 6.15. The van der Waals surface area contributed by atoms with Gasteiger partial charge in [-0.15, -0.1) is 0 Å². The summed E-state index contributed by atoms with van der Waals surface area (Å²) in [6.07, 6.45) is 0.0327. The van der Waals surface area contributed by atoms with Gasteiger partial charge in [-0.3, -0.25) is 9.69 Å². The van der Waals surface area contributed by atoms with Gasteiger partial charge in [0.2, 0.25) is 5.91 Å². The second-order valence-corrected chi connectivity index (χ2v) is 7.84. The quantitative estimate of drug-likeness (QED) is 0.552. The highest BCUT2D eigenvalue weighted by Crippen LogP contribution is 2.29. The van der Waals surface area contributed by atoms with Crippen LogP contribution in [0.2, 0.25) is 0 Å². The van der Waals surface area contributed by atoms with Gasteiger partial charge < -0.3 is 25.5 Å². The summed E-state index contributed by atoms with van der Waals surface area (Å²) in [6.45, 7) is 4.28. The Morgan fingerprint density at radius 3 is 2.52 bits per heavy atom. The van der Waals surface area contributed by atoms with Gasteiger partial charge in [0.1, 0.15) is 18.2 Å². The maximum atomic E-state index is 14.8. The van der Waals surface area contributed by atoms with Gasteiger partial charge in [-0.05, 0) is 43.3 Å². The fourth-order valence-corrected chi connectivity index (χ4v) is 3.58. The maximum absolute atomic E-state index is 14.8. The molecule has 2 saturated heterocycles. The lowest BCUT2D eigenvalue weighted by Crippen LogP contribution is -2.50. The predicted molar refractivity (Wildman–Crippen MR) is 123 cm³/mol. The van der Waals surface area contributed by atoms with E-state index in [1.807, 2.05) is 24.3 Å². The Bertz CT molecular complexity index is 979. The highest BCUT2D eigenvalue weighted by Gasteiger charge is 2.32. The van der Waals surface area contributed by atoms with Crippen LogP contribution in [-0.2, 0) is 20.9 Å². The van der Waals surface area contributed by atoms with E-state index in [0.717, 1.165) is 30.5 Å². The molecule has 33 heavy (non-hydrogen) atoms. The molecule has 1 unspecified atom stereocenters. The molecule has 1 atom stereocenters. The van der Waals surface area contributed by atoms with Crippen LogP contribution in [-0.4, -0.2) is 57.6 Å². The van der Waals surface area contributed by atoms with E-state index in [-0.39, 0.29) is 17.9 Å². The number of halogens is 1. The minimum absolute atomic E-state index is 0.0526. The van der Waals surface area contributed by atoms with Crippen molar-refractivity contribution in [2.24, 2.45) is 5.92 Å². The molecule has 4 rings (SSSR count). The molecule has 3 N–H and O–H groups in total. The summed E-state index contributed by atoms with van der Waals surface area (Å²) >= 11 is 0. The van der Waals surface area contributed by atoms with Crippen molar-refractivity contribution in [1.82, 2.24) is 16.0 Å². The molecule has 0 spiro atoms. The van der Waals surface area contributed by atoms with Crippen LogP contribution in [0.3, 0.4) is 0 Å². The monoisotopic (exact) mass is 456 g/mol. The number of rotatable bonds is 7. The maximum Gasteiger partial charge on any atom is 0.414 e. The minimum atomic E-state index is -0.466. The molecule has 2 fully saturated rings.